The Bertz CT molecular complexity index is 478. The van der Waals surface area contributed by atoms with Crippen molar-refractivity contribution in [1.29, 1.82) is 0 Å². The summed E-state index contributed by atoms with van der Waals surface area (Å²) < 4.78 is 18.9. The number of nitrogens with one attached hydrogen (secondary N) is 1. The van der Waals surface area contributed by atoms with Gasteiger partial charge < -0.3 is 10.1 Å². The Hall–Kier alpha value is -0.550. The molecule has 3 rings (SSSR count). The van der Waals surface area contributed by atoms with Gasteiger partial charge in [0.05, 0.1) is 7.11 Å². The summed E-state index contributed by atoms with van der Waals surface area (Å²) in [5.74, 6) is 0.788. The highest BCUT2D eigenvalue weighted by molar-refractivity contribution is 5.85. The zero-order chi connectivity index (χ0) is 14.7. The summed E-state index contributed by atoms with van der Waals surface area (Å²) >= 11 is 0. The first-order valence-electron chi connectivity index (χ1n) is 8.08. The Morgan fingerprint density at radius 1 is 1.17 bits per heavy atom. The Labute approximate surface area is 150 Å². The number of nitrogens with zero attached hydrogens (tertiary/aromatic N) is 1. The number of piperazine rings is 1. The van der Waals surface area contributed by atoms with E-state index in [1.54, 1.807) is 6.07 Å². The summed E-state index contributed by atoms with van der Waals surface area (Å²) in [4.78, 5) is 2.57. The second-order valence-corrected chi connectivity index (χ2v) is 6.17. The quantitative estimate of drug-likeness (QED) is 0.878. The van der Waals surface area contributed by atoms with Crippen LogP contribution in [0, 0.1) is 11.7 Å². The zero-order valence-corrected chi connectivity index (χ0v) is 15.2. The van der Waals surface area contributed by atoms with Crippen molar-refractivity contribution in [3.05, 3.63) is 29.6 Å². The molecule has 3 nitrogen and oxygen atoms in total. The highest BCUT2D eigenvalue weighted by atomic mass is 35.5. The van der Waals surface area contributed by atoms with Crippen molar-refractivity contribution in [3.63, 3.8) is 0 Å². The fourth-order valence-corrected chi connectivity index (χ4v) is 3.87. The topological polar surface area (TPSA) is 24.5 Å². The van der Waals surface area contributed by atoms with Gasteiger partial charge in [0, 0.05) is 32.2 Å². The van der Waals surface area contributed by atoms with Crippen LogP contribution >= 0.6 is 24.8 Å². The molecule has 0 bridgehead atoms. The molecule has 132 valence electrons. The van der Waals surface area contributed by atoms with E-state index < -0.39 is 0 Å². The van der Waals surface area contributed by atoms with Gasteiger partial charge in [-0.1, -0.05) is 18.9 Å². The summed E-state index contributed by atoms with van der Waals surface area (Å²) in [5, 5.41) is 3.42. The highest BCUT2D eigenvalue weighted by Crippen LogP contribution is 2.40. The van der Waals surface area contributed by atoms with Crippen molar-refractivity contribution in [2.24, 2.45) is 5.92 Å². The van der Waals surface area contributed by atoms with Crippen molar-refractivity contribution >= 4 is 24.8 Å². The van der Waals surface area contributed by atoms with Gasteiger partial charge in [0.2, 0.25) is 0 Å². The molecule has 23 heavy (non-hydrogen) atoms. The third-order valence-corrected chi connectivity index (χ3v) is 4.91. The molecule has 0 radical (unpaired) electrons. The smallest absolute Gasteiger partial charge is 0.165 e. The van der Waals surface area contributed by atoms with Crippen LogP contribution in [0.5, 0.6) is 5.75 Å². The van der Waals surface area contributed by atoms with Gasteiger partial charge in [-0.15, -0.1) is 24.8 Å². The SMILES string of the molecule is COc1cc([C@H](C2CCCC2)N2CCNCC2)ccc1F.Cl.Cl. The normalized spacial score (nSPS) is 20.4. The first-order chi connectivity index (χ1) is 10.3. The maximum atomic E-state index is 13.7. The van der Waals surface area contributed by atoms with E-state index in [0.717, 1.165) is 26.2 Å². The average molecular weight is 365 g/mol. The molecular weight excluding hydrogens is 338 g/mol. The lowest BCUT2D eigenvalue weighted by Crippen LogP contribution is -2.46. The molecule has 6 heteroatoms. The van der Waals surface area contributed by atoms with E-state index >= 15 is 0 Å². The Morgan fingerprint density at radius 3 is 2.43 bits per heavy atom. The summed E-state index contributed by atoms with van der Waals surface area (Å²) in [6.45, 7) is 4.23. The maximum Gasteiger partial charge on any atom is 0.165 e. The number of rotatable bonds is 4. The van der Waals surface area contributed by atoms with Gasteiger partial charge in [-0.25, -0.2) is 4.39 Å². The second-order valence-electron chi connectivity index (χ2n) is 6.17. The minimum absolute atomic E-state index is 0. The molecule has 1 atom stereocenters. The van der Waals surface area contributed by atoms with Crippen LogP contribution in [0.3, 0.4) is 0 Å². The Morgan fingerprint density at radius 2 is 1.83 bits per heavy atom. The third-order valence-electron chi connectivity index (χ3n) is 4.91. The van der Waals surface area contributed by atoms with Gasteiger partial charge in [0.15, 0.2) is 11.6 Å². The van der Waals surface area contributed by atoms with Gasteiger partial charge >= 0.3 is 0 Å². The van der Waals surface area contributed by atoms with Gasteiger partial charge in [-0.2, -0.15) is 0 Å². The molecule has 1 aromatic carbocycles. The number of hydrogen-bond acceptors (Lipinski definition) is 3. The molecule has 1 saturated heterocycles. The third kappa shape index (κ3) is 4.72. The van der Waals surface area contributed by atoms with E-state index in [0.29, 0.717) is 17.7 Å². The van der Waals surface area contributed by atoms with E-state index in [1.165, 1.54) is 38.4 Å². The van der Waals surface area contributed by atoms with Crippen LogP contribution in [0.2, 0.25) is 0 Å². The molecule has 1 saturated carbocycles. The molecule has 1 aliphatic carbocycles. The van der Waals surface area contributed by atoms with Crippen molar-refractivity contribution < 1.29 is 9.13 Å². The lowest BCUT2D eigenvalue weighted by Gasteiger charge is -2.38. The van der Waals surface area contributed by atoms with Crippen molar-refractivity contribution in [3.8, 4) is 5.75 Å². The molecule has 1 heterocycles. The fourth-order valence-electron chi connectivity index (χ4n) is 3.87. The molecule has 0 amide bonds. The lowest BCUT2D eigenvalue weighted by atomic mass is 9.89. The molecule has 1 aliphatic heterocycles. The fraction of sp³-hybridized carbons (Fsp3) is 0.647. The van der Waals surface area contributed by atoms with Gasteiger partial charge in [0.25, 0.3) is 0 Å². The minimum Gasteiger partial charge on any atom is -0.494 e. The molecular formula is C17H27Cl2FN2O. The average Bonchev–Trinajstić information content (AvgIpc) is 3.04. The first-order valence-corrected chi connectivity index (χ1v) is 8.08. The summed E-state index contributed by atoms with van der Waals surface area (Å²) in [6.07, 6.45) is 5.22. The predicted octanol–water partition coefficient (Wildman–Crippen LogP) is 3.81. The molecule has 1 aromatic rings. The van der Waals surface area contributed by atoms with Crippen LogP contribution in [-0.4, -0.2) is 38.2 Å². The number of hydrogen-bond donors (Lipinski definition) is 1. The Balaban J connectivity index is 0.00000132. The molecule has 2 aliphatic rings. The molecule has 1 N–H and O–H groups in total. The number of methoxy groups -OCH3 is 1. The molecule has 0 spiro atoms. The van der Waals surface area contributed by atoms with E-state index in [1.807, 2.05) is 12.1 Å². The van der Waals surface area contributed by atoms with Crippen LogP contribution in [0.4, 0.5) is 4.39 Å². The minimum atomic E-state index is -0.272. The van der Waals surface area contributed by atoms with Crippen LogP contribution < -0.4 is 10.1 Å². The van der Waals surface area contributed by atoms with Crippen LogP contribution in [0.15, 0.2) is 18.2 Å². The second kappa shape index (κ2) is 9.67. The predicted molar refractivity (Wildman–Crippen MR) is 96.6 cm³/mol. The largest absolute Gasteiger partial charge is 0.494 e. The molecule has 2 fully saturated rings. The van der Waals surface area contributed by atoms with Crippen LogP contribution in [0.1, 0.15) is 37.3 Å². The number of benzene rings is 1. The van der Waals surface area contributed by atoms with Crippen LogP contribution in [-0.2, 0) is 0 Å². The van der Waals surface area contributed by atoms with Crippen molar-refractivity contribution in [2.45, 2.75) is 31.7 Å². The molecule has 0 aromatic heterocycles. The number of ether oxygens (including phenoxy) is 1. The summed E-state index contributed by atoms with van der Waals surface area (Å²) in [5.41, 5.74) is 1.21. The summed E-state index contributed by atoms with van der Waals surface area (Å²) in [7, 11) is 1.54. The monoisotopic (exact) mass is 364 g/mol. The van der Waals surface area contributed by atoms with Crippen molar-refractivity contribution in [2.75, 3.05) is 33.3 Å². The van der Waals surface area contributed by atoms with E-state index in [9.17, 15) is 4.39 Å². The lowest BCUT2D eigenvalue weighted by molar-refractivity contribution is 0.125. The highest BCUT2D eigenvalue weighted by Gasteiger charge is 2.32. The standard InChI is InChI=1S/C17H25FN2O.2ClH/c1-21-16-12-14(6-7-15(16)18)17(13-4-2-3-5-13)20-10-8-19-9-11-20;;/h6-7,12-13,17,19H,2-5,8-11H2,1H3;2*1H/t17-;;/m0../s1. The van der Waals surface area contributed by atoms with Gasteiger partial charge in [0.1, 0.15) is 0 Å². The number of halogens is 3. The van der Waals surface area contributed by atoms with E-state index in [-0.39, 0.29) is 30.6 Å². The maximum absolute atomic E-state index is 13.7. The first kappa shape index (κ1) is 20.5. The summed E-state index contributed by atoms with van der Waals surface area (Å²) in [6, 6.07) is 5.81. The van der Waals surface area contributed by atoms with Crippen LogP contribution in [0.25, 0.3) is 0 Å². The Kier molecular flexibility index (Phi) is 8.62. The van der Waals surface area contributed by atoms with E-state index in [4.69, 9.17) is 4.74 Å². The molecule has 0 unspecified atom stereocenters. The van der Waals surface area contributed by atoms with Gasteiger partial charge in [-0.05, 0) is 36.5 Å². The van der Waals surface area contributed by atoms with E-state index in [2.05, 4.69) is 10.2 Å². The zero-order valence-electron chi connectivity index (χ0n) is 13.6. The van der Waals surface area contributed by atoms with Crippen molar-refractivity contribution in [1.82, 2.24) is 10.2 Å². The van der Waals surface area contributed by atoms with Gasteiger partial charge in [-0.3, -0.25) is 4.90 Å².